The van der Waals surface area contributed by atoms with Gasteiger partial charge in [0.1, 0.15) is 0 Å². The molecule has 0 saturated heterocycles. The lowest BCUT2D eigenvalue weighted by Crippen LogP contribution is -2.12. The number of hydrogen-bond acceptors (Lipinski definition) is 2. The molecular formula is C15H17ClN2. The molecule has 3 heteroatoms. The normalized spacial score (nSPS) is 10.4. The Bertz CT molecular complexity index is 579. The first-order valence-electron chi connectivity index (χ1n) is 5.85. The average Bonchev–Trinajstić information content (AvgIpc) is 2.33. The topological polar surface area (TPSA) is 29.3 Å². The summed E-state index contributed by atoms with van der Waals surface area (Å²) in [6.07, 6.45) is 0. The maximum atomic E-state index is 6.08. The fraction of sp³-hybridized carbons (Fsp3) is 0.200. The van der Waals surface area contributed by atoms with E-state index < -0.39 is 0 Å². The first-order chi connectivity index (χ1) is 8.49. The molecule has 2 aromatic carbocycles. The highest BCUT2D eigenvalue weighted by atomic mass is 35.5. The fourth-order valence-corrected chi connectivity index (χ4v) is 2.23. The first kappa shape index (κ1) is 12.8. The highest BCUT2D eigenvalue weighted by Crippen LogP contribution is 2.33. The summed E-state index contributed by atoms with van der Waals surface area (Å²) in [5, 5.41) is 0.660. The summed E-state index contributed by atoms with van der Waals surface area (Å²) >= 11 is 6.08. The molecule has 0 saturated carbocycles. The van der Waals surface area contributed by atoms with E-state index in [0.29, 0.717) is 5.02 Å². The van der Waals surface area contributed by atoms with Crippen LogP contribution in [0.4, 0.5) is 17.1 Å². The highest BCUT2D eigenvalue weighted by molar-refractivity contribution is 6.31. The van der Waals surface area contributed by atoms with Crippen LogP contribution in [0, 0.1) is 13.8 Å². The zero-order valence-corrected chi connectivity index (χ0v) is 11.6. The van der Waals surface area contributed by atoms with Gasteiger partial charge in [0, 0.05) is 29.1 Å². The predicted octanol–water partition coefficient (Wildman–Crippen LogP) is 4.31. The zero-order valence-electron chi connectivity index (χ0n) is 10.9. The smallest absolute Gasteiger partial charge is 0.0473 e. The van der Waals surface area contributed by atoms with Crippen LogP contribution in [0.15, 0.2) is 36.4 Å². The van der Waals surface area contributed by atoms with Gasteiger partial charge in [0.25, 0.3) is 0 Å². The zero-order chi connectivity index (χ0) is 13.3. The van der Waals surface area contributed by atoms with E-state index in [0.717, 1.165) is 22.6 Å². The third-order valence-electron chi connectivity index (χ3n) is 3.14. The first-order valence-corrected chi connectivity index (χ1v) is 6.23. The Balaban J connectivity index is 2.49. The number of aryl methyl sites for hydroxylation is 1. The van der Waals surface area contributed by atoms with E-state index in [2.05, 4.69) is 30.0 Å². The molecule has 0 fully saturated rings. The number of rotatable bonds is 2. The molecule has 18 heavy (non-hydrogen) atoms. The van der Waals surface area contributed by atoms with E-state index in [1.165, 1.54) is 5.56 Å². The molecule has 2 N–H and O–H groups in total. The fourth-order valence-electron chi connectivity index (χ4n) is 2.01. The molecule has 0 spiro atoms. The molecular weight excluding hydrogens is 244 g/mol. The van der Waals surface area contributed by atoms with Crippen LogP contribution in [0.3, 0.4) is 0 Å². The molecule has 0 radical (unpaired) electrons. The van der Waals surface area contributed by atoms with Crippen LogP contribution in [0.1, 0.15) is 11.1 Å². The summed E-state index contributed by atoms with van der Waals surface area (Å²) in [6, 6.07) is 12.1. The van der Waals surface area contributed by atoms with Crippen molar-refractivity contribution in [2.24, 2.45) is 0 Å². The van der Waals surface area contributed by atoms with Crippen molar-refractivity contribution < 1.29 is 0 Å². The van der Waals surface area contributed by atoms with Crippen molar-refractivity contribution in [1.29, 1.82) is 0 Å². The second-order valence-electron chi connectivity index (χ2n) is 4.54. The third kappa shape index (κ3) is 2.44. The predicted molar refractivity (Wildman–Crippen MR) is 79.8 cm³/mol. The third-order valence-corrected chi connectivity index (χ3v) is 3.35. The van der Waals surface area contributed by atoms with Gasteiger partial charge in [0.15, 0.2) is 0 Å². The number of nitrogen functional groups attached to an aromatic ring is 1. The van der Waals surface area contributed by atoms with Crippen molar-refractivity contribution in [1.82, 2.24) is 0 Å². The van der Waals surface area contributed by atoms with Crippen LogP contribution < -0.4 is 10.6 Å². The molecule has 94 valence electrons. The molecule has 2 rings (SSSR count). The maximum Gasteiger partial charge on any atom is 0.0473 e. The van der Waals surface area contributed by atoms with Crippen molar-refractivity contribution >= 4 is 28.7 Å². The van der Waals surface area contributed by atoms with Crippen molar-refractivity contribution in [2.45, 2.75) is 13.8 Å². The highest BCUT2D eigenvalue weighted by Gasteiger charge is 2.10. The molecule has 0 heterocycles. The molecule has 0 aliphatic heterocycles. The minimum absolute atomic E-state index is 0.660. The van der Waals surface area contributed by atoms with E-state index in [9.17, 15) is 0 Å². The Morgan fingerprint density at radius 3 is 2.50 bits per heavy atom. The summed E-state index contributed by atoms with van der Waals surface area (Å²) in [4.78, 5) is 2.10. The number of hydrogen-bond donors (Lipinski definition) is 1. The summed E-state index contributed by atoms with van der Waals surface area (Å²) < 4.78 is 0. The minimum atomic E-state index is 0.660. The summed E-state index contributed by atoms with van der Waals surface area (Å²) in [7, 11) is 2.02. The van der Waals surface area contributed by atoms with Gasteiger partial charge in [-0.1, -0.05) is 23.7 Å². The van der Waals surface area contributed by atoms with Crippen LogP contribution in [0.2, 0.25) is 5.02 Å². The number of nitrogens with zero attached hydrogens (tertiary/aromatic N) is 1. The van der Waals surface area contributed by atoms with Gasteiger partial charge in [-0.25, -0.2) is 0 Å². The van der Waals surface area contributed by atoms with E-state index in [-0.39, 0.29) is 0 Å². The second kappa shape index (κ2) is 4.91. The van der Waals surface area contributed by atoms with Crippen LogP contribution >= 0.6 is 11.6 Å². The largest absolute Gasteiger partial charge is 0.398 e. The molecule has 0 unspecified atom stereocenters. The summed E-state index contributed by atoms with van der Waals surface area (Å²) in [5.41, 5.74) is 11.1. The van der Waals surface area contributed by atoms with Gasteiger partial charge in [0.05, 0.1) is 0 Å². The monoisotopic (exact) mass is 260 g/mol. The van der Waals surface area contributed by atoms with Crippen LogP contribution in [-0.2, 0) is 0 Å². The van der Waals surface area contributed by atoms with Gasteiger partial charge in [-0.15, -0.1) is 0 Å². The maximum absolute atomic E-state index is 6.08. The average molecular weight is 261 g/mol. The summed E-state index contributed by atoms with van der Waals surface area (Å²) in [5.74, 6) is 0. The molecule has 0 aliphatic rings. The van der Waals surface area contributed by atoms with Crippen molar-refractivity contribution in [3.8, 4) is 0 Å². The van der Waals surface area contributed by atoms with Gasteiger partial charge < -0.3 is 10.6 Å². The van der Waals surface area contributed by atoms with Crippen LogP contribution in [-0.4, -0.2) is 7.05 Å². The standard InChI is InChI=1S/C15H17ClN2/c1-10-5-4-6-13(7-10)18(3)15-9-12(16)8-14(17)11(15)2/h4-9H,17H2,1-3H3. The molecule has 0 aromatic heterocycles. The van der Waals surface area contributed by atoms with Gasteiger partial charge in [-0.3, -0.25) is 0 Å². The molecule has 2 nitrogen and oxygen atoms in total. The molecule has 0 atom stereocenters. The van der Waals surface area contributed by atoms with Crippen molar-refractivity contribution in [3.63, 3.8) is 0 Å². The quantitative estimate of drug-likeness (QED) is 0.816. The Kier molecular flexibility index (Phi) is 3.48. The SMILES string of the molecule is Cc1cccc(N(C)c2cc(Cl)cc(N)c2C)c1. The molecule has 0 bridgehead atoms. The van der Waals surface area contributed by atoms with Crippen molar-refractivity contribution in [3.05, 3.63) is 52.5 Å². The van der Waals surface area contributed by atoms with E-state index in [4.69, 9.17) is 17.3 Å². The van der Waals surface area contributed by atoms with Gasteiger partial charge >= 0.3 is 0 Å². The summed E-state index contributed by atoms with van der Waals surface area (Å²) in [6.45, 7) is 4.09. The van der Waals surface area contributed by atoms with Gasteiger partial charge in [-0.05, 0) is 49.2 Å². The lowest BCUT2D eigenvalue weighted by Gasteiger charge is -2.23. The molecule has 2 aromatic rings. The van der Waals surface area contributed by atoms with Crippen LogP contribution in [0.25, 0.3) is 0 Å². The van der Waals surface area contributed by atoms with Gasteiger partial charge in [-0.2, -0.15) is 0 Å². The van der Waals surface area contributed by atoms with Crippen molar-refractivity contribution in [2.75, 3.05) is 17.7 Å². The molecule has 0 amide bonds. The Morgan fingerprint density at radius 1 is 1.11 bits per heavy atom. The lowest BCUT2D eigenvalue weighted by molar-refractivity contribution is 1.18. The minimum Gasteiger partial charge on any atom is -0.398 e. The lowest BCUT2D eigenvalue weighted by atomic mass is 10.1. The van der Waals surface area contributed by atoms with E-state index in [1.54, 1.807) is 6.07 Å². The Labute approximate surface area is 113 Å². The molecule has 0 aliphatic carbocycles. The number of halogens is 1. The van der Waals surface area contributed by atoms with Crippen LogP contribution in [0.5, 0.6) is 0 Å². The van der Waals surface area contributed by atoms with E-state index >= 15 is 0 Å². The van der Waals surface area contributed by atoms with E-state index in [1.807, 2.05) is 26.1 Å². The number of anilines is 3. The Morgan fingerprint density at radius 2 is 1.83 bits per heavy atom. The number of nitrogens with two attached hydrogens (primary N) is 1. The Hall–Kier alpha value is -1.67. The second-order valence-corrected chi connectivity index (χ2v) is 4.97. The number of benzene rings is 2. The van der Waals surface area contributed by atoms with Gasteiger partial charge in [0.2, 0.25) is 0 Å².